The fourth-order valence-electron chi connectivity index (χ4n) is 4.04. The minimum absolute atomic E-state index is 0.0473. The van der Waals surface area contributed by atoms with Gasteiger partial charge in [0.15, 0.2) is 0 Å². The highest BCUT2D eigenvalue weighted by Crippen LogP contribution is 2.35. The monoisotopic (exact) mass is 358 g/mol. The second-order valence-electron chi connectivity index (χ2n) is 7.16. The van der Waals surface area contributed by atoms with Gasteiger partial charge >= 0.3 is 0 Å². The first-order valence-electron chi connectivity index (χ1n) is 9.35. The van der Waals surface area contributed by atoms with Crippen LogP contribution in [0.4, 0.5) is 5.82 Å². The molecule has 3 nitrogen and oxygen atoms in total. The summed E-state index contributed by atoms with van der Waals surface area (Å²) in [4.78, 5) is 11.7. The van der Waals surface area contributed by atoms with Gasteiger partial charge in [-0.1, -0.05) is 49.6 Å². The molecule has 1 saturated carbocycles. The number of rotatable bonds is 8. The molecule has 0 aliphatic heterocycles. The maximum Gasteiger partial charge on any atom is 0.224 e. The van der Waals surface area contributed by atoms with Gasteiger partial charge in [0.1, 0.15) is 5.82 Å². The Hall–Kier alpha value is -1.74. The number of hydrogen-bond acceptors (Lipinski definition) is 2. The molecular formula is C21H27ClN2O. The van der Waals surface area contributed by atoms with Crippen molar-refractivity contribution in [2.75, 3.05) is 5.73 Å². The number of unbranched alkanes of at least 4 members (excludes halogenated alkanes) is 1. The zero-order valence-corrected chi connectivity index (χ0v) is 15.4. The van der Waals surface area contributed by atoms with Crippen LogP contribution in [0.3, 0.4) is 0 Å². The molecule has 134 valence electrons. The molecule has 1 fully saturated rings. The van der Waals surface area contributed by atoms with Crippen molar-refractivity contribution in [3.05, 3.63) is 42.6 Å². The Morgan fingerprint density at radius 3 is 2.56 bits per heavy atom. The summed E-state index contributed by atoms with van der Waals surface area (Å²) in [5, 5.41) is -0.140. The average molecular weight is 359 g/mol. The summed E-state index contributed by atoms with van der Waals surface area (Å²) in [7, 11) is 0. The van der Waals surface area contributed by atoms with Crippen LogP contribution < -0.4 is 5.73 Å². The summed E-state index contributed by atoms with van der Waals surface area (Å²) in [5.41, 5.74) is 8.49. The highest BCUT2D eigenvalue weighted by molar-refractivity contribution is 6.64. The molecule has 1 aromatic heterocycles. The summed E-state index contributed by atoms with van der Waals surface area (Å²) in [5.74, 6) is 1.34. The third-order valence-electron chi connectivity index (χ3n) is 5.46. The van der Waals surface area contributed by atoms with Gasteiger partial charge in [0.2, 0.25) is 5.24 Å². The number of hydrogen-bond donors (Lipinski definition) is 1. The van der Waals surface area contributed by atoms with Crippen molar-refractivity contribution in [1.29, 1.82) is 0 Å². The summed E-state index contributed by atoms with van der Waals surface area (Å²) in [6.45, 7) is 0.881. The van der Waals surface area contributed by atoms with Crippen molar-refractivity contribution in [2.24, 2.45) is 11.8 Å². The van der Waals surface area contributed by atoms with Gasteiger partial charge in [-0.2, -0.15) is 0 Å². The van der Waals surface area contributed by atoms with E-state index in [2.05, 4.69) is 22.9 Å². The minimum atomic E-state index is -0.140. The Bertz CT molecular complexity index is 689. The zero-order valence-electron chi connectivity index (χ0n) is 14.7. The smallest absolute Gasteiger partial charge is 0.224 e. The van der Waals surface area contributed by atoms with Gasteiger partial charge in [-0.25, -0.2) is 0 Å². The first-order chi connectivity index (χ1) is 12.1. The quantitative estimate of drug-likeness (QED) is 0.501. The molecule has 4 heteroatoms. The molecule has 1 unspecified atom stereocenters. The van der Waals surface area contributed by atoms with Gasteiger partial charge in [0, 0.05) is 24.2 Å². The molecular weight excluding hydrogens is 332 g/mol. The molecule has 1 aliphatic carbocycles. The number of nitrogen functional groups attached to an aromatic ring is 1. The maximum atomic E-state index is 11.7. The molecule has 0 amide bonds. The molecule has 0 bridgehead atoms. The fraction of sp³-hybridized carbons (Fsp3) is 0.476. The number of nitrogens with zero attached hydrogens (tertiary/aromatic N) is 1. The van der Waals surface area contributed by atoms with Crippen molar-refractivity contribution < 1.29 is 4.79 Å². The lowest BCUT2D eigenvalue weighted by Crippen LogP contribution is -2.18. The van der Waals surface area contributed by atoms with Crippen molar-refractivity contribution in [3.8, 4) is 11.1 Å². The van der Waals surface area contributed by atoms with E-state index in [1.165, 1.54) is 18.4 Å². The Balaban J connectivity index is 1.52. The van der Waals surface area contributed by atoms with Gasteiger partial charge in [-0.05, 0) is 54.8 Å². The number of carbonyl (C=O) groups excluding carboxylic acids is 1. The SMILES string of the molecule is Nc1cc(-c2ccccc2)cn1CCCCC(C(=O)Cl)C1CCCC1. The molecule has 0 spiro atoms. The predicted molar refractivity (Wildman–Crippen MR) is 104 cm³/mol. The van der Waals surface area contributed by atoms with Crippen LogP contribution in [0.25, 0.3) is 11.1 Å². The van der Waals surface area contributed by atoms with E-state index < -0.39 is 0 Å². The summed E-state index contributed by atoms with van der Waals surface area (Å²) in [6, 6.07) is 12.3. The molecule has 0 saturated heterocycles. The third-order valence-corrected chi connectivity index (χ3v) is 5.74. The minimum Gasteiger partial charge on any atom is -0.385 e. The lowest BCUT2D eigenvalue weighted by Gasteiger charge is -2.19. The lowest BCUT2D eigenvalue weighted by molar-refractivity contribution is -0.116. The van der Waals surface area contributed by atoms with Crippen LogP contribution in [0, 0.1) is 11.8 Å². The van der Waals surface area contributed by atoms with Crippen LogP contribution in [-0.2, 0) is 11.3 Å². The number of anilines is 1. The summed E-state index contributed by atoms with van der Waals surface area (Å²) >= 11 is 5.85. The van der Waals surface area contributed by atoms with Crippen LogP contribution in [0.15, 0.2) is 42.6 Å². The first kappa shape index (κ1) is 18.1. The molecule has 3 rings (SSSR count). The van der Waals surface area contributed by atoms with Gasteiger partial charge in [-0.15, -0.1) is 0 Å². The Morgan fingerprint density at radius 1 is 1.16 bits per heavy atom. The van der Waals surface area contributed by atoms with Crippen LogP contribution >= 0.6 is 11.6 Å². The summed E-state index contributed by atoms with van der Waals surface area (Å²) < 4.78 is 2.11. The molecule has 0 radical (unpaired) electrons. The van der Waals surface area contributed by atoms with E-state index in [1.807, 2.05) is 24.3 Å². The predicted octanol–water partition coefficient (Wildman–Crippen LogP) is 5.48. The molecule has 1 aliphatic rings. The average Bonchev–Trinajstić information content (AvgIpc) is 3.25. The number of aromatic nitrogens is 1. The highest BCUT2D eigenvalue weighted by Gasteiger charge is 2.28. The Morgan fingerprint density at radius 2 is 1.88 bits per heavy atom. The third kappa shape index (κ3) is 4.66. The van der Waals surface area contributed by atoms with Crippen LogP contribution in [0.1, 0.15) is 44.9 Å². The number of benzene rings is 1. The van der Waals surface area contributed by atoms with Gasteiger partial charge in [0.25, 0.3) is 0 Å². The van der Waals surface area contributed by atoms with Crippen LogP contribution in [0.2, 0.25) is 0 Å². The van der Waals surface area contributed by atoms with Crippen LogP contribution in [0.5, 0.6) is 0 Å². The second kappa shape index (κ2) is 8.57. The summed E-state index contributed by atoms with van der Waals surface area (Å²) in [6.07, 6.45) is 9.85. The van der Waals surface area contributed by atoms with Gasteiger partial charge in [-0.3, -0.25) is 4.79 Å². The second-order valence-corrected chi connectivity index (χ2v) is 7.54. The van der Waals surface area contributed by atoms with E-state index >= 15 is 0 Å². The topological polar surface area (TPSA) is 48.0 Å². The van der Waals surface area contributed by atoms with Crippen molar-refractivity contribution in [1.82, 2.24) is 4.57 Å². The number of halogens is 1. The van der Waals surface area contributed by atoms with Crippen molar-refractivity contribution >= 4 is 22.7 Å². The zero-order chi connectivity index (χ0) is 17.6. The first-order valence-corrected chi connectivity index (χ1v) is 9.73. The van der Waals surface area contributed by atoms with Crippen molar-refractivity contribution in [3.63, 3.8) is 0 Å². The largest absolute Gasteiger partial charge is 0.385 e. The molecule has 2 N–H and O–H groups in total. The highest BCUT2D eigenvalue weighted by atomic mass is 35.5. The van der Waals surface area contributed by atoms with E-state index in [0.717, 1.165) is 50.0 Å². The standard InChI is InChI=1S/C21H27ClN2O/c22-21(25)19(17-10-4-5-11-17)12-6-7-13-24-15-18(14-20(24)23)16-8-2-1-3-9-16/h1-3,8-9,14-15,17,19H,4-7,10-13,23H2. The van der Waals surface area contributed by atoms with Crippen LogP contribution in [-0.4, -0.2) is 9.81 Å². The van der Waals surface area contributed by atoms with Gasteiger partial charge in [0.05, 0.1) is 0 Å². The Labute approximate surface area is 155 Å². The lowest BCUT2D eigenvalue weighted by atomic mass is 9.87. The molecule has 1 atom stereocenters. The Kier molecular flexibility index (Phi) is 6.19. The molecule has 25 heavy (non-hydrogen) atoms. The molecule has 1 aromatic carbocycles. The van der Waals surface area contributed by atoms with E-state index in [9.17, 15) is 4.79 Å². The van der Waals surface area contributed by atoms with Crippen molar-refractivity contribution in [2.45, 2.75) is 51.5 Å². The number of carbonyl (C=O) groups is 1. The van der Waals surface area contributed by atoms with Gasteiger partial charge < -0.3 is 10.3 Å². The normalized spacial score (nSPS) is 16.2. The molecule has 2 aromatic rings. The maximum absolute atomic E-state index is 11.7. The van der Waals surface area contributed by atoms with E-state index in [1.54, 1.807) is 0 Å². The fourth-order valence-corrected chi connectivity index (χ4v) is 4.33. The van der Waals surface area contributed by atoms with E-state index in [-0.39, 0.29) is 11.2 Å². The molecule has 1 heterocycles. The van der Waals surface area contributed by atoms with E-state index in [4.69, 9.17) is 17.3 Å². The van der Waals surface area contributed by atoms with E-state index in [0.29, 0.717) is 5.92 Å². The number of aryl methyl sites for hydroxylation is 1. The number of nitrogens with two attached hydrogens (primary N) is 1.